The van der Waals surface area contributed by atoms with Gasteiger partial charge < -0.3 is 4.74 Å². The molecule has 2 amide bonds. The molecule has 0 aromatic heterocycles. The van der Waals surface area contributed by atoms with Gasteiger partial charge in [-0.05, 0) is 24.8 Å². The fraction of sp³-hybridized carbons (Fsp3) is 0.333. The van der Waals surface area contributed by atoms with Gasteiger partial charge in [-0.15, -0.1) is 0 Å². The van der Waals surface area contributed by atoms with Crippen LogP contribution in [0.5, 0.6) is 5.75 Å². The molecule has 18 heavy (non-hydrogen) atoms. The molecule has 6 heteroatoms. The normalized spacial score (nSPS) is 9.67. The van der Waals surface area contributed by atoms with E-state index in [0.29, 0.717) is 11.5 Å². The summed E-state index contributed by atoms with van der Waals surface area (Å²) in [7, 11) is 0. The summed E-state index contributed by atoms with van der Waals surface area (Å²) in [4.78, 5) is 22.5. The summed E-state index contributed by atoms with van der Waals surface area (Å²) < 4.78 is 5.32. The highest BCUT2D eigenvalue weighted by molar-refractivity contribution is 7.99. The second kappa shape index (κ2) is 7.60. The zero-order chi connectivity index (χ0) is 13.4. The molecule has 0 saturated carbocycles. The van der Waals surface area contributed by atoms with Gasteiger partial charge in [0.1, 0.15) is 5.75 Å². The smallest absolute Gasteiger partial charge is 0.276 e. The number of nitrogens with one attached hydrogen (secondary N) is 2. The van der Waals surface area contributed by atoms with Crippen LogP contribution in [0.15, 0.2) is 24.3 Å². The first-order chi connectivity index (χ1) is 8.63. The number of benzene rings is 1. The molecule has 0 fully saturated rings. The van der Waals surface area contributed by atoms with Crippen LogP contribution in [0.1, 0.15) is 5.56 Å². The third-order valence-corrected chi connectivity index (χ3v) is 2.62. The number of hydrogen-bond donors (Lipinski definition) is 2. The van der Waals surface area contributed by atoms with Crippen LogP contribution in [0.4, 0.5) is 0 Å². The van der Waals surface area contributed by atoms with E-state index in [4.69, 9.17) is 4.74 Å². The molecule has 0 atom stereocenters. The molecule has 1 rings (SSSR count). The highest BCUT2D eigenvalue weighted by atomic mass is 32.2. The van der Waals surface area contributed by atoms with E-state index in [1.807, 2.05) is 31.4 Å². The molecule has 0 unspecified atom stereocenters. The van der Waals surface area contributed by atoms with Crippen LogP contribution in [-0.2, 0) is 9.59 Å². The van der Waals surface area contributed by atoms with E-state index < -0.39 is 5.91 Å². The molecule has 0 aliphatic heterocycles. The summed E-state index contributed by atoms with van der Waals surface area (Å²) in [6, 6.07) is 7.41. The fourth-order valence-corrected chi connectivity index (χ4v) is 1.54. The van der Waals surface area contributed by atoms with E-state index in [0.717, 1.165) is 5.56 Å². The van der Waals surface area contributed by atoms with Crippen molar-refractivity contribution < 1.29 is 14.3 Å². The van der Waals surface area contributed by atoms with Crippen LogP contribution < -0.4 is 15.6 Å². The lowest BCUT2D eigenvalue weighted by Gasteiger charge is -2.09. The van der Waals surface area contributed by atoms with Gasteiger partial charge in [-0.2, -0.15) is 11.8 Å². The number of thioether (sulfide) groups is 1. The number of hydrogen-bond acceptors (Lipinski definition) is 4. The average Bonchev–Trinajstić information content (AvgIpc) is 2.36. The zero-order valence-corrected chi connectivity index (χ0v) is 11.2. The van der Waals surface area contributed by atoms with Crippen LogP contribution in [0.25, 0.3) is 0 Å². The maximum absolute atomic E-state index is 11.4. The van der Waals surface area contributed by atoms with E-state index in [1.165, 1.54) is 11.8 Å². The van der Waals surface area contributed by atoms with Crippen molar-refractivity contribution in [1.82, 2.24) is 10.9 Å². The molecule has 0 aliphatic rings. The molecule has 1 aromatic carbocycles. The Morgan fingerprint density at radius 2 is 1.89 bits per heavy atom. The van der Waals surface area contributed by atoms with Crippen molar-refractivity contribution >= 4 is 23.6 Å². The van der Waals surface area contributed by atoms with Crippen LogP contribution in [-0.4, -0.2) is 30.4 Å². The van der Waals surface area contributed by atoms with Crippen molar-refractivity contribution in [2.75, 3.05) is 18.6 Å². The Balaban J connectivity index is 2.29. The molecule has 0 aliphatic carbocycles. The number of carbonyl (C=O) groups excluding carboxylic acids is 2. The lowest BCUT2D eigenvalue weighted by atomic mass is 10.2. The van der Waals surface area contributed by atoms with Crippen molar-refractivity contribution in [3.05, 3.63) is 29.8 Å². The molecule has 2 N–H and O–H groups in total. The van der Waals surface area contributed by atoms with Gasteiger partial charge in [0.15, 0.2) is 6.61 Å². The van der Waals surface area contributed by atoms with Gasteiger partial charge in [-0.1, -0.05) is 18.2 Å². The maximum atomic E-state index is 11.4. The first kappa shape index (κ1) is 14.4. The van der Waals surface area contributed by atoms with E-state index in [-0.39, 0.29) is 12.5 Å². The maximum Gasteiger partial charge on any atom is 0.276 e. The third kappa shape index (κ3) is 5.09. The van der Waals surface area contributed by atoms with Gasteiger partial charge in [0, 0.05) is 0 Å². The lowest BCUT2D eigenvalue weighted by molar-refractivity contribution is -0.128. The lowest BCUT2D eigenvalue weighted by Crippen LogP contribution is -2.44. The fourth-order valence-electron chi connectivity index (χ4n) is 1.20. The SMILES string of the molecule is CSCC(=O)NNC(=O)COc1ccccc1C. The molecule has 0 bridgehead atoms. The second-order valence-electron chi connectivity index (χ2n) is 3.58. The summed E-state index contributed by atoms with van der Waals surface area (Å²) in [5.74, 6) is 0.321. The molecule has 1 aromatic rings. The number of hydrazine groups is 1. The van der Waals surface area contributed by atoms with Crippen molar-refractivity contribution in [2.24, 2.45) is 0 Å². The molecular formula is C12H16N2O3S. The minimum Gasteiger partial charge on any atom is -0.483 e. The third-order valence-electron chi connectivity index (χ3n) is 2.07. The van der Waals surface area contributed by atoms with E-state index in [9.17, 15) is 9.59 Å². The number of rotatable bonds is 5. The van der Waals surface area contributed by atoms with Gasteiger partial charge in [0.2, 0.25) is 5.91 Å². The first-order valence-electron chi connectivity index (χ1n) is 5.38. The Bertz CT molecular complexity index is 424. The van der Waals surface area contributed by atoms with Crippen LogP contribution >= 0.6 is 11.8 Å². The summed E-state index contributed by atoms with van der Waals surface area (Å²) in [6.07, 6.45) is 1.81. The van der Waals surface area contributed by atoms with E-state index in [2.05, 4.69) is 10.9 Å². The summed E-state index contributed by atoms with van der Waals surface area (Å²) in [6.45, 7) is 1.76. The highest BCUT2D eigenvalue weighted by Gasteiger charge is 2.05. The van der Waals surface area contributed by atoms with Gasteiger partial charge in [-0.3, -0.25) is 20.4 Å². The molecule has 5 nitrogen and oxygen atoms in total. The highest BCUT2D eigenvalue weighted by Crippen LogP contribution is 2.15. The molecule has 0 saturated heterocycles. The average molecular weight is 268 g/mol. The van der Waals surface area contributed by atoms with Crippen molar-refractivity contribution in [3.63, 3.8) is 0 Å². The van der Waals surface area contributed by atoms with Crippen molar-refractivity contribution in [1.29, 1.82) is 0 Å². The largest absolute Gasteiger partial charge is 0.483 e. The summed E-state index contributed by atoms with van der Waals surface area (Å²) in [5.41, 5.74) is 5.53. The van der Waals surface area contributed by atoms with Crippen molar-refractivity contribution in [3.8, 4) is 5.75 Å². The second-order valence-corrected chi connectivity index (χ2v) is 4.45. The van der Waals surface area contributed by atoms with Gasteiger partial charge in [0.25, 0.3) is 5.91 Å². The number of ether oxygens (including phenoxy) is 1. The first-order valence-corrected chi connectivity index (χ1v) is 6.78. The minimum absolute atomic E-state index is 0.135. The predicted molar refractivity (Wildman–Crippen MR) is 71.3 cm³/mol. The molecule has 0 heterocycles. The monoisotopic (exact) mass is 268 g/mol. The summed E-state index contributed by atoms with van der Waals surface area (Å²) in [5, 5.41) is 0. The topological polar surface area (TPSA) is 67.4 Å². The Labute approximate surface area is 110 Å². The number of amides is 2. The Morgan fingerprint density at radius 1 is 1.22 bits per heavy atom. The Kier molecular flexibility index (Phi) is 6.07. The summed E-state index contributed by atoms with van der Waals surface area (Å²) >= 11 is 1.38. The van der Waals surface area contributed by atoms with Crippen molar-refractivity contribution in [2.45, 2.75) is 6.92 Å². The van der Waals surface area contributed by atoms with Gasteiger partial charge >= 0.3 is 0 Å². The zero-order valence-electron chi connectivity index (χ0n) is 10.4. The van der Waals surface area contributed by atoms with Crippen LogP contribution in [0.3, 0.4) is 0 Å². The Hall–Kier alpha value is -1.69. The number of aryl methyl sites for hydroxylation is 1. The quantitative estimate of drug-likeness (QED) is 0.778. The molecular weight excluding hydrogens is 252 g/mol. The standard InChI is InChI=1S/C12H16N2O3S/c1-9-5-3-4-6-10(9)17-7-11(15)13-14-12(16)8-18-2/h3-6H,7-8H2,1-2H3,(H,13,15)(H,14,16). The van der Waals surface area contributed by atoms with Crippen LogP contribution in [0, 0.1) is 6.92 Å². The van der Waals surface area contributed by atoms with Gasteiger partial charge in [0.05, 0.1) is 5.75 Å². The Morgan fingerprint density at radius 3 is 2.56 bits per heavy atom. The predicted octanol–water partition coefficient (Wildman–Crippen LogP) is 0.884. The van der Waals surface area contributed by atoms with E-state index in [1.54, 1.807) is 6.07 Å². The van der Waals surface area contributed by atoms with Gasteiger partial charge in [-0.25, -0.2) is 0 Å². The minimum atomic E-state index is -0.396. The van der Waals surface area contributed by atoms with Crippen LogP contribution in [0.2, 0.25) is 0 Å². The number of para-hydroxylation sites is 1. The van der Waals surface area contributed by atoms with E-state index >= 15 is 0 Å². The molecule has 98 valence electrons. The molecule has 0 spiro atoms. The number of carbonyl (C=O) groups is 2. The molecule has 0 radical (unpaired) electrons.